The molecule has 2 heterocycles. The predicted octanol–water partition coefficient (Wildman–Crippen LogP) is 1.68. The van der Waals surface area contributed by atoms with Gasteiger partial charge in [-0.05, 0) is 17.7 Å². The lowest BCUT2D eigenvalue weighted by atomic mass is 10.1. The van der Waals surface area contributed by atoms with Crippen LogP contribution < -0.4 is 10.2 Å². The number of hydrogen-bond acceptors (Lipinski definition) is 3. The first-order valence-electron chi connectivity index (χ1n) is 6.81. The van der Waals surface area contributed by atoms with E-state index >= 15 is 0 Å². The van der Waals surface area contributed by atoms with Crippen LogP contribution in [-0.2, 0) is 9.59 Å². The van der Waals surface area contributed by atoms with Gasteiger partial charge < -0.3 is 10.2 Å². The number of carbonyl (C=O) groups excluding carboxylic acids is 2. The van der Waals surface area contributed by atoms with Crippen LogP contribution in [0.15, 0.2) is 54.9 Å². The molecule has 0 saturated carbocycles. The number of pyridine rings is 1. The molecule has 106 valence electrons. The zero-order chi connectivity index (χ0) is 14.7. The van der Waals surface area contributed by atoms with Gasteiger partial charge in [-0.1, -0.05) is 30.3 Å². The van der Waals surface area contributed by atoms with Gasteiger partial charge in [0.25, 0.3) is 5.91 Å². The molecular weight excluding hydrogens is 266 g/mol. The third-order valence-electron chi connectivity index (χ3n) is 3.47. The van der Waals surface area contributed by atoms with Gasteiger partial charge in [-0.25, -0.2) is 0 Å². The van der Waals surface area contributed by atoms with Gasteiger partial charge in [-0.2, -0.15) is 0 Å². The van der Waals surface area contributed by atoms with E-state index in [1.165, 1.54) is 0 Å². The number of hydrogen-bond donors (Lipinski definition) is 1. The fourth-order valence-electron chi connectivity index (χ4n) is 2.42. The van der Waals surface area contributed by atoms with E-state index in [9.17, 15) is 9.59 Å². The quantitative estimate of drug-likeness (QED) is 0.911. The lowest BCUT2D eigenvalue weighted by Gasteiger charge is -2.24. The SMILES string of the molecule is O=C1CCN(c2cccnc2)C(=O)C(c2ccccc2)N1. The number of benzene rings is 1. The van der Waals surface area contributed by atoms with Crippen molar-refractivity contribution < 1.29 is 9.59 Å². The van der Waals surface area contributed by atoms with E-state index in [2.05, 4.69) is 10.3 Å². The zero-order valence-electron chi connectivity index (χ0n) is 11.4. The van der Waals surface area contributed by atoms with Crippen LogP contribution in [0.1, 0.15) is 18.0 Å². The molecule has 2 amide bonds. The van der Waals surface area contributed by atoms with E-state index in [0.717, 1.165) is 5.56 Å². The summed E-state index contributed by atoms with van der Waals surface area (Å²) in [4.78, 5) is 30.3. The largest absolute Gasteiger partial charge is 0.340 e. The summed E-state index contributed by atoms with van der Waals surface area (Å²) in [6.45, 7) is 0.361. The van der Waals surface area contributed by atoms with Crippen molar-refractivity contribution >= 4 is 17.5 Å². The molecule has 1 fully saturated rings. The van der Waals surface area contributed by atoms with Crippen LogP contribution in [-0.4, -0.2) is 23.3 Å². The summed E-state index contributed by atoms with van der Waals surface area (Å²) in [6, 6.07) is 12.2. The Kier molecular flexibility index (Phi) is 3.64. The van der Waals surface area contributed by atoms with Crippen LogP contribution >= 0.6 is 0 Å². The Morgan fingerprint density at radius 3 is 2.62 bits per heavy atom. The molecule has 1 aliphatic heterocycles. The smallest absolute Gasteiger partial charge is 0.254 e. The predicted molar refractivity (Wildman–Crippen MR) is 78.5 cm³/mol. The molecule has 1 unspecified atom stereocenters. The van der Waals surface area contributed by atoms with Crippen molar-refractivity contribution in [3.8, 4) is 0 Å². The Bertz CT molecular complexity index is 643. The van der Waals surface area contributed by atoms with Crippen LogP contribution in [0.25, 0.3) is 0 Å². The number of nitrogens with one attached hydrogen (secondary N) is 1. The number of aromatic nitrogens is 1. The molecule has 1 aliphatic rings. The molecule has 0 bridgehead atoms. The Hall–Kier alpha value is -2.69. The number of rotatable bonds is 2. The van der Waals surface area contributed by atoms with E-state index in [-0.39, 0.29) is 18.2 Å². The third kappa shape index (κ3) is 2.76. The molecule has 5 heteroatoms. The van der Waals surface area contributed by atoms with Gasteiger partial charge in [0, 0.05) is 19.2 Å². The van der Waals surface area contributed by atoms with E-state index in [0.29, 0.717) is 12.2 Å². The van der Waals surface area contributed by atoms with Crippen molar-refractivity contribution in [2.24, 2.45) is 0 Å². The number of anilines is 1. The third-order valence-corrected chi connectivity index (χ3v) is 3.47. The first-order valence-corrected chi connectivity index (χ1v) is 6.81. The second-order valence-corrected chi connectivity index (χ2v) is 4.86. The minimum absolute atomic E-state index is 0.122. The average Bonchev–Trinajstić information content (AvgIpc) is 2.68. The van der Waals surface area contributed by atoms with Crippen molar-refractivity contribution in [3.63, 3.8) is 0 Å². The highest BCUT2D eigenvalue weighted by molar-refractivity contribution is 6.01. The molecule has 1 aromatic carbocycles. The highest BCUT2D eigenvalue weighted by Gasteiger charge is 2.31. The summed E-state index contributed by atoms with van der Waals surface area (Å²) in [6.07, 6.45) is 3.57. The summed E-state index contributed by atoms with van der Waals surface area (Å²) >= 11 is 0. The lowest BCUT2D eigenvalue weighted by molar-refractivity contribution is -0.125. The van der Waals surface area contributed by atoms with Crippen LogP contribution in [0.2, 0.25) is 0 Å². The van der Waals surface area contributed by atoms with Crippen molar-refractivity contribution in [1.29, 1.82) is 0 Å². The monoisotopic (exact) mass is 281 g/mol. The van der Waals surface area contributed by atoms with E-state index in [1.54, 1.807) is 23.4 Å². The summed E-state index contributed by atoms with van der Waals surface area (Å²) in [5.41, 5.74) is 1.49. The van der Waals surface area contributed by atoms with Gasteiger partial charge in [0.05, 0.1) is 11.9 Å². The van der Waals surface area contributed by atoms with Gasteiger partial charge in [0.15, 0.2) is 0 Å². The minimum atomic E-state index is -0.651. The van der Waals surface area contributed by atoms with Gasteiger partial charge in [0.1, 0.15) is 6.04 Å². The standard InChI is InChI=1S/C16H15N3O2/c20-14-8-10-19(13-7-4-9-17-11-13)16(21)15(18-14)12-5-2-1-3-6-12/h1-7,9,11,15H,8,10H2,(H,18,20). The molecule has 0 spiro atoms. The Morgan fingerprint density at radius 2 is 1.90 bits per heavy atom. The minimum Gasteiger partial charge on any atom is -0.340 e. The summed E-state index contributed by atoms with van der Waals surface area (Å²) in [5.74, 6) is -0.261. The molecule has 0 radical (unpaired) electrons. The van der Waals surface area contributed by atoms with Crippen molar-refractivity contribution in [2.75, 3.05) is 11.4 Å². The second kappa shape index (κ2) is 5.75. The maximum atomic E-state index is 12.8. The summed E-state index contributed by atoms with van der Waals surface area (Å²) in [5, 5.41) is 2.79. The Labute approximate surface area is 122 Å². The number of carbonyl (C=O) groups is 2. The number of nitrogens with zero attached hydrogens (tertiary/aromatic N) is 2. The van der Waals surface area contributed by atoms with Crippen LogP contribution in [0.4, 0.5) is 5.69 Å². The maximum Gasteiger partial charge on any atom is 0.254 e. The fraction of sp³-hybridized carbons (Fsp3) is 0.188. The van der Waals surface area contributed by atoms with E-state index in [4.69, 9.17) is 0 Å². The Morgan fingerprint density at radius 1 is 1.10 bits per heavy atom. The highest BCUT2D eigenvalue weighted by atomic mass is 16.2. The summed E-state index contributed by atoms with van der Waals surface area (Å²) in [7, 11) is 0. The average molecular weight is 281 g/mol. The Balaban J connectivity index is 1.97. The van der Waals surface area contributed by atoms with Gasteiger partial charge in [-0.15, -0.1) is 0 Å². The molecule has 1 saturated heterocycles. The molecule has 0 aliphatic carbocycles. The van der Waals surface area contributed by atoms with E-state index < -0.39 is 6.04 Å². The first-order chi connectivity index (χ1) is 10.3. The highest BCUT2D eigenvalue weighted by Crippen LogP contribution is 2.23. The molecule has 3 rings (SSSR count). The van der Waals surface area contributed by atoms with Gasteiger partial charge >= 0.3 is 0 Å². The molecular formula is C16H15N3O2. The molecule has 5 nitrogen and oxygen atoms in total. The van der Waals surface area contributed by atoms with Crippen molar-refractivity contribution in [3.05, 3.63) is 60.4 Å². The fourth-order valence-corrected chi connectivity index (χ4v) is 2.42. The van der Waals surface area contributed by atoms with E-state index in [1.807, 2.05) is 36.4 Å². The van der Waals surface area contributed by atoms with Gasteiger partial charge in [-0.3, -0.25) is 14.6 Å². The molecule has 21 heavy (non-hydrogen) atoms. The summed E-state index contributed by atoms with van der Waals surface area (Å²) < 4.78 is 0. The zero-order valence-corrected chi connectivity index (χ0v) is 11.4. The van der Waals surface area contributed by atoms with Gasteiger partial charge in [0.2, 0.25) is 5.91 Å². The topological polar surface area (TPSA) is 62.3 Å². The molecule has 1 aromatic heterocycles. The molecule has 1 atom stereocenters. The normalized spacial score (nSPS) is 19.0. The maximum absolute atomic E-state index is 12.8. The molecule has 1 N–H and O–H groups in total. The number of amides is 2. The molecule has 2 aromatic rings. The first kappa shape index (κ1) is 13.3. The van der Waals surface area contributed by atoms with Crippen molar-refractivity contribution in [1.82, 2.24) is 10.3 Å². The van der Waals surface area contributed by atoms with Crippen LogP contribution in [0.5, 0.6) is 0 Å². The second-order valence-electron chi connectivity index (χ2n) is 4.86. The van der Waals surface area contributed by atoms with Crippen molar-refractivity contribution in [2.45, 2.75) is 12.5 Å². The van der Waals surface area contributed by atoms with Crippen LogP contribution in [0, 0.1) is 0 Å². The van der Waals surface area contributed by atoms with Crippen LogP contribution in [0.3, 0.4) is 0 Å². The lowest BCUT2D eigenvalue weighted by Crippen LogP contribution is -2.38.